The number of rotatable bonds is 3. The maximum atomic E-state index is 11.9. The van der Waals surface area contributed by atoms with Gasteiger partial charge >= 0.3 is 6.03 Å². The molecule has 0 spiro atoms. The highest BCUT2D eigenvalue weighted by atomic mass is 32.2. The van der Waals surface area contributed by atoms with Crippen LogP contribution in [0.4, 0.5) is 10.5 Å². The number of hydrogen-bond donors (Lipinski definition) is 3. The van der Waals surface area contributed by atoms with Crippen LogP contribution in [0, 0.1) is 6.92 Å². The van der Waals surface area contributed by atoms with Crippen molar-refractivity contribution in [2.45, 2.75) is 11.8 Å². The van der Waals surface area contributed by atoms with Gasteiger partial charge in [0.05, 0.1) is 4.90 Å². The number of sulfone groups is 1. The summed E-state index contributed by atoms with van der Waals surface area (Å²) in [5.41, 5.74) is 11.0. The molecule has 7 nitrogen and oxygen atoms in total. The summed E-state index contributed by atoms with van der Waals surface area (Å²) in [5, 5.41) is 1.69. The Labute approximate surface area is 104 Å². The molecule has 0 fully saturated rings. The number of hydrogen-bond acceptors (Lipinski definition) is 5. The second-order valence-corrected chi connectivity index (χ2v) is 5.60. The molecule has 0 heterocycles. The number of urea groups is 1. The maximum Gasteiger partial charge on any atom is 0.318 e. The van der Waals surface area contributed by atoms with E-state index in [2.05, 4.69) is 0 Å². The van der Waals surface area contributed by atoms with E-state index >= 15 is 0 Å². The normalized spacial score (nSPS) is 10.9. The van der Waals surface area contributed by atoms with Crippen LogP contribution in [0.3, 0.4) is 0 Å². The van der Waals surface area contributed by atoms with E-state index in [1.54, 1.807) is 11.4 Å². The Hall–Kier alpha value is -2.09. The van der Waals surface area contributed by atoms with Gasteiger partial charge in [0.25, 0.3) is 0 Å². The van der Waals surface area contributed by atoms with Crippen LogP contribution >= 0.6 is 0 Å². The van der Waals surface area contributed by atoms with Crippen LogP contribution in [-0.2, 0) is 14.6 Å². The molecule has 0 unspecified atom stereocenters. The lowest BCUT2D eigenvalue weighted by Crippen LogP contribution is -2.38. The van der Waals surface area contributed by atoms with Crippen molar-refractivity contribution in [3.05, 3.63) is 23.8 Å². The van der Waals surface area contributed by atoms with E-state index in [9.17, 15) is 18.0 Å². The summed E-state index contributed by atoms with van der Waals surface area (Å²) >= 11 is 0. The molecule has 1 rings (SSSR count). The highest BCUT2D eigenvalue weighted by molar-refractivity contribution is 7.92. The second kappa shape index (κ2) is 5.05. The number of imide groups is 1. The molecule has 1 aromatic rings. The third-order valence-corrected chi connectivity index (χ3v) is 4.00. The Morgan fingerprint density at radius 1 is 1.33 bits per heavy atom. The molecule has 0 saturated heterocycles. The van der Waals surface area contributed by atoms with E-state index in [0.29, 0.717) is 11.3 Å². The number of anilines is 1. The first-order valence-electron chi connectivity index (χ1n) is 4.91. The number of nitrogen functional groups attached to an aromatic ring is 1. The average molecular weight is 271 g/mol. The number of nitrogens with one attached hydrogen (secondary N) is 1. The van der Waals surface area contributed by atoms with Crippen molar-refractivity contribution in [1.29, 1.82) is 0 Å². The Bertz CT molecular complexity index is 595. The lowest BCUT2D eigenvalue weighted by molar-refractivity contribution is -0.117. The minimum absolute atomic E-state index is 0.0397. The van der Waals surface area contributed by atoms with Crippen molar-refractivity contribution in [3.8, 4) is 0 Å². The largest absolute Gasteiger partial charge is 0.398 e. The van der Waals surface area contributed by atoms with Crippen LogP contribution < -0.4 is 16.8 Å². The summed E-state index contributed by atoms with van der Waals surface area (Å²) in [5.74, 6) is -1.84. The summed E-state index contributed by atoms with van der Waals surface area (Å²) in [4.78, 5) is 21.6. The van der Waals surface area contributed by atoms with Crippen LogP contribution in [0.1, 0.15) is 5.56 Å². The predicted molar refractivity (Wildman–Crippen MR) is 65.4 cm³/mol. The Kier molecular flexibility index (Phi) is 3.92. The zero-order valence-electron chi connectivity index (χ0n) is 9.64. The Morgan fingerprint density at radius 3 is 2.50 bits per heavy atom. The molecule has 8 heteroatoms. The van der Waals surface area contributed by atoms with Crippen LogP contribution in [0.5, 0.6) is 0 Å². The number of nitrogens with two attached hydrogens (primary N) is 2. The zero-order valence-corrected chi connectivity index (χ0v) is 10.5. The second-order valence-electron chi connectivity index (χ2n) is 3.64. The summed E-state index contributed by atoms with van der Waals surface area (Å²) in [6, 6.07) is 3.27. The number of carbonyl (C=O) groups is 2. The molecule has 5 N–H and O–H groups in total. The zero-order chi connectivity index (χ0) is 13.9. The summed E-state index contributed by atoms with van der Waals surface area (Å²) < 4.78 is 23.9. The first kappa shape index (κ1) is 14.0. The first-order valence-corrected chi connectivity index (χ1v) is 6.56. The van der Waals surface area contributed by atoms with Gasteiger partial charge in [-0.15, -0.1) is 0 Å². The Morgan fingerprint density at radius 2 is 1.94 bits per heavy atom. The van der Waals surface area contributed by atoms with Gasteiger partial charge in [-0.25, -0.2) is 13.2 Å². The van der Waals surface area contributed by atoms with Gasteiger partial charge in [-0.2, -0.15) is 0 Å². The summed E-state index contributed by atoms with van der Waals surface area (Å²) in [6.45, 7) is 1.54. The van der Waals surface area contributed by atoms with Crippen molar-refractivity contribution >= 4 is 27.5 Å². The van der Waals surface area contributed by atoms with Crippen molar-refractivity contribution in [2.75, 3.05) is 11.5 Å². The van der Waals surface area contributed by atoms with Gasteiger partial charge in [-0.05, 0) is 24.6 Å². The highest BCUT2D eigenvalue weighted by Gasteiger charge is 2.22. The van der Waals surface area contributed by atoms with Gasteiger partial charge in [0.2, 0.25) is 5.91 Å². The summed E-state index contributed by atoms with van der Waals surface area (Å²) in [7, 11) is -3.86. The molecule has 0 aliphatic carbocycles. The highest BCUT2D eigenvalue weighted by Crippen LogP contribution is 2.21. The molecule has 0 atom stereocenters. The van der Waals surface area contributed by atoms with E-state index in [1.807, 2.05) is 0 Å². The molecule has 1 aromatic carbocycles. The topological polar surface area (TPSA) is 132 Å². The lowest BCUT2D eigenvalue weighted by atomic mass is 10.2. The molecule has 3 amide bonds. The fourth-order valence-electron chi connectivity index (χ4n) is 1.39. The van der Waals surface area contributed by atoms with E-state index < -0.39 is 27.5 Å². The van der Waals surface area contributed by atoms with Crippen LogP contribution in [0.2, 0.25) is 0 Å². The number of benzene rings is 1. The monoisotopic (exact) mass is 271 g/mol. The first-order chi connectivity index (χ1) is 8.24. The van der Waals surface area contributed by atoms with E-state index in [1.165, 1.54) is 19.1 Å². The number of amides is 3. The number of primary amides is 1. The maximum absolute atomic E-state index is 11.9. The van der Waals surface area contributed by atoms with Gasteiger partial charge < -0.3 is 11.5 Å². The average Bonchev–Trinajstić information content (AvgIpc) is 2.19. The minimum Gasteiger partial charge on any atom is -0.398 e. The predicted octanol–water partition coefficient (Wildman–Crippen LogP) is -0.454. The molecule has 0 aromatic heterocycles. The molecule has 0 aliphatic heterocycles. The van der Waals surface area contributed by atoms with Gasteiger partial charge in [-0.1, -0.05) is 6.07 Å². The quantitative estimate of drug-likeness (QED) is 0.640. The van der Waals surface area contributed by atoms with Crippen LogP contribution in [0.25, 0.3) is 0 Å². The molecule has 0 radical (unpaired) electrons. The molecule has 98 valence electrons. The lowest BCUT2D eigenvalue weighted by Gasteiger charge is -2.08. The van der Waals surface area contributed by atoms with Crippen molar-refractivity contribution < 1.29 is 18.0 Å². The fourth-order valence-corrected chi connectivity index (χ4v) is 2.84. The molecule has 0 saturated carbocycles. The van der Waals surface area contributed by atoms with Crippen molar-refractivity contribution in [3.63, 3.8) is 0 Å². The molecule has 0 bridgehead atoms. The smallest absolute Gasteiger partial charge is 0.318 e. The third kappa shape index (κ3) is 3.20. The molecular formula is C10H13N3O4S. The summed E-state index contributed by atoms with van der Waals surface area (Å²) in [6.07, 6.45) is 0. The van der Waals surface area contributed by atoms with Gasteiger partial charge in [0, 0.05) is 5.69 Å². The van der Waals surface area contributed by atoms with Crippen LogP contribution in [-0.4, -0.2) is 26.1 Å². The van der Waals surface area contributed by atoms with Crippen LogP contribution in [0.15, 0.2) is 23.1 Å². The minimum atomic E-state index is -3.86. The molecule has 0 aliphatic rings. The molecular weight excluding hydrogens is 258 g/mol. The molecule has 18 heavy (non-hydrogen) atoms. The SMILES string of the molecule is Cc1c(N)cccc1S(=O)(=O)CC(=O)NC(N)=O. The van der Waals surface area contributed by atoms with Gasteiger partial charge in [-0.3, -0.25) is 10.1 Å². The van der Waals surface area contributed by atoms with Crippen molar-refractivity contribution in [1.82, 2.24) is 5.32 Å². The number of carbonyl (C=O) groups excluding carboxylic acids is 2. The Balaban J connectivity index is 3.04. The van der Waals surface area contributed by atoms with Gasteiger partial charge in [0.15, 0.2) is 9.84 Å². The van der Waals surface area contributed by atoms with Crippen molar-refractivity contribution in [2.24, 2.45) is 5.73 Å². The van der Waals surface area contributed by atoms with E-state index in [-0.39, 0.29) is 4.90 Å². The van der Waals surface area contributed by atoms with E-state index in [0.717, 1.165) is 0 Å². The standard InChI is InChI=1S/C10H13N3O4S/c1-6-7(11)3-2-4-8(6)18(16,17)5-9(14)13-10(12)15/h2-4H,5,11H2,1H3,(H3,12,13,14,15). The van der Waals surface area contributed by atoms with E-state index in [4.69, 9.17) is 11.5 Å². The third-order valence-electron chi connectivity index (χ3n) is 2.24. The van der Waals surface area contributed by atoms with Gasteiger partial charge in [0.1, 0.15) is 5.75 Å². The fraction of sp³-hybridized carbons (Fsp3) is 0.200.